The summed E-state index contributed by atoms with van der Waals surface area (Å²) in [6.07, 6.45) is 5.31. The molecule has 19 heavy (non-hydrogen) atoms. The van der Waals surface area contributed by atoms with E-state index in [1.54, 1.807) is 6.21 Å². The minimum absolute atomic E-state index is 0.361. The molecule has 0 aliphatic rings. The number of H-pyrrole nitrogens is 1. The number of nitrogens with one attached hydrogen (secondary N) is 2. The van der Waals surface area contributed by atoms with E-state index in [1.807, 2.05) is 43.3 Å². The lowest BCUT2D eigenvalue weighted by molar-refractivity contribution is 1.01. The fourth-order valence-corrected chi connectivity index (χ4v) is 1.79. The number of aromatic nitrogens is 4. The number of benzene rings is 1. The first kappa shape index (κ1) is 11.3. The lowest BCUT2D eigenvalue weighted by Crippen LogP contribution is -1.98. The van der Waals surface area contributed by atoms with E-state index in [0.717, 1.165) is 16.4 Å². The quantitative estimate of drug-likeness (QED) is 0.554. The van der Waals surface area contributed by atoms with Gasteiger partial charge < -0.3 is 4.98 Å². The van der Waals surface area contributed by atoms with Crippen LogP contribution in [0.1, 0.15) is 6.92 Å². The third kappa shape index (κ3) is 2.15. The lowest BCUT2D eigenvalue weighted by Gasteiger charge is -1.95. The molecular weight excluding hydrogens is 240 g/mol. The van der Waals surface area contributed by atoms with Gasteiger partial charge in [-0.15, -0.1) is 10.2 Å². The second-order valence-corrected chi connectivity index (χ2v) is 3.92. The summed E-state index contributed by atoms with van der Waals surface area (Å²) in [6.45, 7) is 1.92. The number of aromatic amines is 1. The van der Waals surface area contributed by atoms with E-state index in [-0.39, 0.29) is 0 Å². The molecule has 0 aliphatic heterocycles. The van der Waals surface area contributed by atoms with Crippen molar-refractivity contribution < 1.29 is 0 Å². The average molecular weight is 252 g/mol. The summed E-state index contributed by atoms with van der Waals surface area (Å²) in [5.41, 5.74) is 5.18. The van der Waals surface area contributed by atoms with Crippen molar-refractivity contribution in [1.82, 2.24) is 20.2 Å². The highest BCUT2D eigenvalue weighted by Crippen LogP contribution is 2.21. The molecule has 2 aromatic heterocycles. The van der Waals surface area contributed by atoms with Crippen LogP contribution in [-0.4, -0.2) is 26.4 Å². The highest BCUT2D eigenvalue weighted by atomic mass is 15.4. The van der Waals surface area contributed by atoms with E-state index in [1.165, 1.54) is 0 Å². The number of anilines is 1. The molecule has 2 heterocycles. The van der Waals surface area contributed by atoms with Gasteiger partial charge in [0.2, 0.25) is 0 Å². The maximum atomic E-state index is 4.33. The smallest absolute Gasteiger partial charge is 0.265 e. The van der Waals surface area contributed by atoms with Crippen LogP contribution in [0, 0.1) is 0 Å². The maximum Gasteiger partial charge on any atom is 0.265 e. The van der Waals surface area contributed by atoms with Crippen molar-refractivity contribution in [3.63, 3.8) is 0 Å². The predicted molar refractivity (Wildman–Crippen MR) is 76.1 cm³/mol. The summed E-state index contributed by atoms with van der Waals surface area (Å²) in [7, 11) is 0. The Morgan fingerprint density at radius 2 is 2.16 bits per heavy atom. The van der Waals surface area contributed by atoms with Gasteiger partial charge in [0, 0.05) is 17.1 Å². The Morgan fingerprint density at radius 3 is 3.05 bits per heavy atom. The summed E-state index contributed by atoms with van der Waals surface area (Å²) in [5, 5.41) is 13.1. The zero-order chi connectivity index (χ0) is 13.1. The van der Waals surface area contributed by atoms with E-state index in [2.05, 4.69) is 30.7 Å². The van der Waals surface area contributed by atoms with Crippen molar-refractivity contribution in [3.05, 3.63) is 36.4 Å². The number of rotatable bonds is 3. The standard InChI is InChI=1S/C13H12N6/c1-2-3-8-14-18-13-16-12-11(17-19-13)9-6-4-5-7-10(9)15-12/h2-8H,1H3,(H2,15,16,18,19). The average Bonchev–Trinajstić information content (AvgIpc) is 2.81. The van der Waals surface area contributed by atoms with Gasteiger partial charge in [-0.25, -0.2) is 5.43 Å². The highest BCUT2D eigenvalue weighted by Gasteiger charge is 2.07. The SMILES string of the molecule is CC=CC=NNc1nnc2c(n1)[nH]c1ccccc12. The van der Waals surface area contributed by atoms with Crippen LogP contribution in [0.15, 0.2) is 41.5 Å². The molecule has 0 radical (unpaired) electrons. The number of para-hydroxylation sites is 1. The van der Waals surface area contributed by atoms with Gasteiger partial charge in [-0.3, -0.25) is 0 Å². The van der Waals surface area contributed by atoms with Crippen LogP contribution in [0.25, 0.3) is 22.1 Å². The summed E-state index contributed by atoms with van der Waals surface area (Å²) in [5.74, 6) is 0.361. The van der Waals surface area contributed by atoms with Crippen LogP contribution in [0.4, 0.5) is 5.95 Å². The minimum atomic E-state index is 0.361. The molecular formula is C13H12N6. The molecule has 0 aliphatic carbocycles. The number of hydrogen-bond donors (Lipinski definition) is 2. The molecule has 0 amide bonds. The molecule has 0 saturated heterocycles. The first-order valence-corrected chi connectivity index (χ1v) is 5.90. The molecule has 1 aromatic carbocycles. The van der Waals surface area contributed by atoms with Crippen LogP contribution in [0.2, 0.25) is 0 Å². The second-order valence-electron chi connectivity index (χ2n) is 3.92. The van der Waals surface area contributed by atoms with Gasteiger partial charge in [-0.2, -0.15) is 10.1 Å². The zero-order valence-electron chi connectivity index (χ0n) is 10.3. The van der Waals surface area contributed by atoms with E-state index >= 15 is 0 Å². The first-order valence-electron chi connectivity index (χ1n) is 5.90. The van der Waals surface area contributed by atoms with Crippen LogP contribution in [0.3, 0.4) is 0 Å². The Balaban J connectivity index is 1.99. The van der Waals surface area contributed by atoms with E-state index in [0.29, 0.717) is 11.6 Å². The largest absolute Gasteiger partial charge is 0.338 e. The lowest BCUT2D eigenvalue weighted by atomic mass is 10.2. The Morgan fingerprint density at radius 1 is 1.26 bits per heavy atom. The second kappa shape index (κ2) is 4.85. The number of hydrogen-bond acceptors (Lipinski definition) is 5. The molecule has 0 atom stereocenters. The predicted octanol–water partition coefficient (Wildman–Crippen LogP) is 2.48. The van der Waals surface area contributed by atoms with Crippen molar-refractivity contribution in [3.8, 4) is 0 Å². The van der Waals surface area contributed by atoms with Crippen molar-refractivity contribution in [1.29, 1.82) is 0 Å². The van der Waals surface area contributed by atoms with Crippen LogP contribution in [-0.2, 0) is 0 Å². The molecule has 0 saturated carbocycles. The number of fused-ring (bicyclic) bond motifs is 3. The molecule has 0 unspecified atom stereocenters. The number of hydrazone groups is 1. The van der Waals surface area contributed by atoms with Crippen LogP contribution < -0.4 is 5.43 Å². The molecule has 0 fully saturated rings. The molecule has 6 heteroatoms. The monoisotopic (exact) mass is 252 g/mol. The van der Waals surface area contributed by atoms with E-state index in [4.69, 9.17) is 0 Å². The minimum Gasteiger partial charge on any atom is -0.338 e. The summed E-state index contributed by atoms with van der Waals surface area (Å²) >= 11 is 0. The van der Waals surface area contributed by atoms with Gasteiger partial charge in [-0.05, 0) is 19.1 Å². The summed E-state index contributed by atoms with van der Waals surface area (Å²) in [6, 6.07) is 7.90. The Bertz CT molecular complexity index is 771. The molecule has 3 rings (SSSR count). The van der Waals surface area contributed by atoms with Crippen molar-refractivity contribution in [2.24, 2.45) is 5.10 Å². The third-order valence-corrected chi connectivity index (χ3v) is 2.64. The van der Waals surface area contributed by atoms with Gasteiger partial charge in [-0.1, -0.05) is 24.3 Å². The fraction of sp³-hybridized carbons (Fsp3) is 0.0769. The normalized spacial score (nSPS) is 12.1. The van der Waals surface area contributed by atoms with Gasteiger partial charge in [0.25, 0.3) is 5.95 Å². The van der Waals surface area contributed by atoms with Crippen LogP contribution in [0.5, 0.6) is 0 Å². The molecule has 0 spiro atoms. The number of nitrogens with zero attached hydrogens (tertiary/aromatic N) is 4. The fourth-order valence-electron chi connectivity index (χ4n) is 1.79. The van der Waals surface area contributed by atoms with Gasteiger partial charge in [0.05, 0.1) is 0 Å². The molecule has 0 bridgehead atoms. The van der Waals surface area contributed by atoms with Crippen molar-refractivity contribution >= 4 is 34.2 Å². The Labute approximate surface area is 109 Å². The maximum absolute atomic E-state index is 4.33. The Hall–Kier alpha value is -2.76. The Kier molecular flexibility index (Phi) is 2.89. The van der Waals surface area contributed by atoms with Gasteiger partial charge in [0.1, 0.15) is 5.52 Å². The highest BCUT2D eigenvalue weighted by molar-refractivity contribution is 6.03. The van der Waals surface area contributed by atoms with Crippen molar-refractivity contribution in [2.75, 3.05) is 5.43 Å². The zero-order valence-corrected chi connectivity index (χ0v) is 10.3. The van der Waals surface area contributed by atoms with E-state index in [9.17, 15) is 0 Å². The molecule has 2 N–H and O–H groups in total. The number of allylic oxidation sites excluding steroid dienone is 2. The van der Waals surface area contributed by atoms with Gasteiger partial charge >= 0.3 is 0 Å². The van der Waals surface area contributed by atoms with Crippen molar-refractivity contribution in [2.45, 2.75) is 6.92 Å². The summed E-state index contributed by atoms with van der Waals surface area (Å²) < 4.78 is 0. The van der Waals surface area contributed by atoms with Crippen LogP contribution >= 0.6 is 0 Å². The third-order valence-electron chi connectivity index (χ3n) is 2.64. The first-order chi connectivity index (χ1) is 9.38. The molecule has 94 valence electrons. The van der Waals surface area contributed by atoms with Gasteiger partial charge in [0.15, 0.2) is 5.65 Å². The van der Waals surface area contributed by atoms with E-state index < -0.39 is 0 Å². The molecule has 3 aromatic rings. The summed E-state index contributed by atoms with van der Waals surface area (Å²) in [4.78, 5) is 7.53. The molecule has 6 nitrogen and oxygen atoms in total. The topological polar surface area (TPSA) is 78.8 Å².